The van der Waals surface area contributed by atoms with Gasteiger partial charge < -0.3 is 15.5 Å². The van der Waals surface area contributed by atoms with Crippen LogP contribution >= 0.6 is 0 Å². The SMILES string of the molecule is CC(C)(C)OC(=O)NCC=Cc1ccc(NN)c(F)c1. The summed E-state index contributed by atoms with van der Waals surface area (Å²) in [5.74, 6) is 4.70. The standard InChI is InChI=1S/C14H20FN3O2/c1-14(2,3)20-13(19)17-8-4-5-10-6-7-12(18-16)11(15)9-10/h4-7,9,18H,8,16H2,1-3H3,(H,17,19). The summed E-state index contributed by atoms with van der Waals surface area (Å²) in [6.07, 6.45) is 2.91. The highest BCUT2D eigenvalue weighted by Gasteiger charge is 2.14. The Balaban J connectivity index is 2.46. The lowest BCUT2D eigenvalue weighted by atomic mass is 10.2. The second kappa shape index (κ2) is 6.91. The van der Waals surface area contributed by atoms with E-state index < -0.39 is 17.5 Å². The molecule has 4 N–H and O–H groups in total. The number of amides is 1. The van der Waals surface area contributed by atoms with Gasteiger partial charge in [-0.1, -0.05) is 18.2 Å². The average Bonchev–Trinajstić information content (AvgIpc) is 2.33. The molecule has 0 aliphatic carbocycles. The molecule has 0 spiro atoms. The number of benzene rings is 1. The van der Waals surface area contributed by atoms with Gasteiger partial charge in [-0.2, -0.15) is 0 Å². The van der Waals surface area contributed by atoms with Gasteiger partial charge in [0.2, 0.25) is 0 Å². The van der Waals surface area contributed by atoms with E-state index in [1.165, 1.54) is 12.1 Å². The Morgan fingerprint density at radius 1 is 1.45 bits per heavy atom. The monoisotopic (exact) mass is 281 g/mol. The maximum atomic E-state index is 13.4. The van der Waals surface area contributed by atoms with Gasteiger partial charge in [-0.15, -0.1) is 0 Å². The summed E-state index contributed by atoms with van der Waals surface area (Å²) in [5, 5.41) is 2.57. The van der Waals surface area contributed by atoms with Crippen molar-refractivity contribution in [1.29, 1.82) is 0 Å². The Kier molecular flexibility index (Phi) is 5.52. The molecule has 0 radical (unpaired) electrons. The van der Waals surface area contributed by atoms with E-state index in [4.69, 9.17) is 10.6 Å². The highest BCUT2D eigenvalue weighted by atomic mass is 19.1. The van der Waals surface area contributed by atoms with Crippen LogP contribution in [0.4, 0.5) is 14.9 Å². The Bertz CT molecular complexity index is 496. The molecule has 0 aliphatic rings. The van der Waals surface area contributed by atoms with Crippen LogP contribution in [0.3, 0.4) is 0 Å². The molecule has 0 fully saturated rings. The summed E-state index contributed by atoms with van der Waals surface area (Å²) in [4.78, 5) is 11.4. The quantitative estimate of drug-likeness (QED) is 0.586. The van der Waals surface area contributed by atoms with Crippen LogP contribution in [0.15, 0.2) is 24.3 Å². The van der Waals surface area contributed by atoms with Crippen LogP contribution in [0.25, 0.3) is 6.08 Å². The van der Waals surface area contributed by atoms with Gasteiger partial charge in [-0.25, -0.2) is 9.18 Å². The topological polar surface area (TPSA) is 76.4 Å². The summed E-state index contributed by atoms with van der Waals surface area (Å²) in [5.41, 5.74) is 2.63. The lowest BCUT2D eigenvalue weighted by Gasteiger charge is -2.19. The van der Waals surface area contributed by atoms with Crippen molar-refractivity contribution in [1.82, 2.24) is 5.32 Å². The molecule has 1 aromatic carbocycles. The first-order valence-corrected chi connectivity index (χ1v) is 6.21. The predicted molar refractivity (Wildman–Crippen MR) is 77.5 cm³/mol. The summed E-state index contributed by atoms with van der Waals surface area (Å²) in [6.45, 7) is 5.67. The van der Waals surface area contributed by atoms with Crippen molar-refractivity contribution < 1.29 is 13.9 Å². The largest absolute Gasteiger partial charge is 0.444 e. The van der Waals surface area contributed by atoms with Crippen molar-refractivity contribution >= 4 is 17.9 Å². The molecule has 1 rings (SSSR count). The smallest absolute Gasteiger partial charge is 0.407 e. The third-order valence-electron chi connectivity index (χ3n) is 2.22. The second-order valence-electron chi connectivity index (χ2n) is 5.17. The fourth-order valence-electron chi connectivity index (χ4n) is 1.40. The number of hydrazine groups is 1. The highest BCUT2D eigenvalue weighted by molar-refractivity contribution is 5.68. The lowest BCUT2D eigenvalue weighted by Crippen LogP contribution is -2.32. The summed E-state index contributed by atoms with van der Waals surface area (Å²) in [6, 6.07) is 4.59. The maximum Gasteiger partial charge on any atom is 0.407 e. The molecule has 0 saturated carbocycles. The first kappa shape index (κ1) is 16.0. The van der Waals surface area contributed by atoms with E-state index in [1.54, 1.807) is 39.0 Å². The van der Waals surface area contributed by atoms with E-state index in [9.17, 15) is 9.18 Å². The minimum atomic E-state index is -0.526. The Morgan fingerprint density at radius 3 is 2.70 bits per heavy atom. The van der Waals surface area contributed by atoms with E-state index in [1.807, 2.05) is 0 Å². The number of alkyl carbamates (subject to hydrolysis) is 1. The van der Waals surface area contributed by atoms with Gasteiger partial charge in [-0.3, -0.25) is 5.84 Å². The Hall–Kier alpha value is -2.08. The Labute approximate surface area is 118 Å². The first-order chi connectivity index (χ1) is 9.31. The van der Waals surface area contributed by atoms with Crippen molar-refractivity contribution in [2.75, 3.05) is 12.0 Å². The molecule has 0 unspecified atom stereocenters. The second-order valence-corrected chi connectivity index (χ2v) is 5.17. The fraction of sp³-hybridized carbons (Fsp3) is 0.357. The molecule has 0 bridgehead atoms. The van der Waals surface area contributed by atoms with Gasteiger partial charge in [0, 0.05) is 6.54 Å². The fourth-order valence-corrected chi connectivity index (χ4v) is 1.40. The van der Waals surface area contributed by atoms with Gasteiger partial charge in [0.15, 0.2) is 0 Å². The van der Waals surface area contributed by atoms with E-state index in [2.05, 4.69) is 10.7 Å². The molecular weight excluding hydrogens is 261 g/mol. The third-order valence-corrected chi connectivity index (χ3v) is 2.22. The summed E-state index contributed by atoms with van der Waals surface area (Å²) in [7, 11) is 0. The molecule has 0 saturated heterocycles. The molecule has 0 heterocycles. The zero-order chi connectivity index (χ0) is 15.2. The summed E-state index contributed by atoms with van der Waals surface area (Å²) < 4.78 is 18.5. The van der Waals surface area contributed by atoms with Gasteiger partial charge in [0.25, 0.3) is 0 Å². The number of ether oxygens (including phenoxy) is 1. The minimum Gasteiger partial charge on any atom is -0.444 e. The van der Waals surface area contributed by atoms with Gasteiger partial charge in [0.1, 0.15) is 11.4 Å². The van der Waals surface area contributed by atoms with Crippen LogP contribution in [-0.4, -0.2) is 18.2 Å². The highest BCUT2D eigenvalue weighted by Crippen LogP contribution is 2.15. The van der Waals surface area contributed by atoms with E-state index in [0.717, 1.165) is 0 Å². The van der Waals surface area contributed by atoms with Crippen LogP contribution in [0, 0.1) is 5.82 Å². The van der Waals surface area contributed by atoms with Gasteiger partial charge in [-0.05, 0) is 38.5 Å². The molecule has 20 heavy (non-hydrogen) atoms. The Morgan fingerprint density at radius 2 is 2.15 bits per heavy atom. The predicted octanol–water partition coefficient (Wildman–Crippen LogP) is 2.65. The lowest BCUT2D eigenvalue weighted by molar-refractivity contribution is 0.0534. The maximum absolute atomic E-state index is 13.4. The number of nitrogen functional groups attached to an aromatic ring is 1. The molecule has 0 aromatic heterocycles. The minimum absolute atomic E-state index is 0.231. The number of hydrogen-bond acceptors (Lipinski definition) is 4. The van der Waals surface area contributed by atoms with Gasteiger partial charge >= 0.3 is 6.09 Å². The number of carbonyl (C=O) groups is 1. The first-order valence-electron chi connectivity index (χ1n) is 6.21. The number of halogens is 1. The molecule has 0 aliphatic heterocycles. The third kappa shape index (κ3) is 5.71. The van der Waals surface area contributed by atoms with Crippen molar-refractivity contribution in [3.63, 3.8) is 0 Å². The normalized spacial score (nSPS) is 11.4. The molecule has 1 amide bonds. The van der Waals surface area contributed by atoms with Crippen molar-refractivity contribution in [2.45, 2.75) is 26.4 Å². The van der Waals surface area contributed by atoms with Crippen LogP contribution in [-0.2, 0) is 4.74 Å². The van der Waals surface area contributed by atoms with Crippen LogP contribution in [0.2, 0.25) is 0 Å². The van der Waals surface area contributed by atoms with Crippen LogP contribution in [0.1, 0.15) is 26.3 Å². The van der Waals surface area contributed by atoms with E-state index >= 15 is 0 Å². The van der Waals surface area contributed by atoms with E-state index in [0.29, 0.717) is 12.1 Å². The van der Waals surface area contributed by atoms with Crippen molar-refractivity contribution in [3.05, 3.63) is 35.7 Å². The van der Waals surface area contributed by atoms with Crippen LogP contribution in [0.5, 0.6) is 0 Å². The number of hydrogen-bond donors (Lipinski definition) is 3. The van der Waals surface area contributed by atoms with E-state index in [-0.39, 0.29) is 5.69 Å². The molecular formula is C14H20FN3O2. The number of anilines is 1. The van der Waals surface area contributed by atoms with Gasteiger partial charge in [0.05, 0.1) is 5.69 Å². The summed E-state index contributed by atoms with van der Waals surface area (Å²) >= 11 is 0. The molecule has 5 nitrogen and oxygen atoms in total. The number of rotatable bonds is 4. The molecule has 110 valence electrons. The van der Waals surface area contributed by atoms with Crippen molar-refractivity contribution in [2.24, 2.45) is 5.84 Å². The van der Waals surface area contributed by atoms with Crippen molar-refractivity contribution in [3.8, 4) is 0 Å². The average molecular weight is 281 g/mol. The molecule has 1 aromatic rings. The number of nitrogens with one attached hydrogen (secondary N) is 2. The molecule has 0 atom stereocenters. The van der Waals surface area contributed by atoms with Crippen LogP contribution < -0.4 is 16.6 Å². The number of nitrogens with two attached hydrogens (primary N) is 1. The zero-order valence-corrected chi connectivity index (χ0v) is 11.9. The zero-order valence-electron chi connectivity index (χ0n) is 11.9. The number of carbonyl (C=O) groups excluding carboxylic acids is 1. The molecule has 6 heteroatoms.